The van der Waals surface area contributed by atoms with E-state index in [0.29, 0.717) is 0 Å². The van der Waals surface area contributed by atoms with Gasteiger partial charge in [-0.15, -0.1) is 11.3 Å². The molecule has 2 rings (SSSR count). The predicted octanol–water partition coefficient (Wildman–Crippen LogP) is 3.73. The fourth-order valence-corrected chi connectivity index (χ4v) is 3.54. The van der Waals surface area contributed by atoms with E-state index in [1.807, 2.05) is 0 Å². The van der Waals surface area contributed by atoms with Crippen LogP contribution in [0.25, 0.3) is 0 Å². The molecule has 0 aromatic carbocycles. The Morgan fingerprint density at radius 1 is 1.50 bits per heavy atom. The summed E-state index contributed by atoms with van der Waals surface area (Å²) in [5.74, 6) is 0. The zero-order valence-corrected chi connectivity index (χ0v) is 12.2. The SMILES string of the molecule is CCC1(CC)COC(c2ccc(Br)s2)CN1. The monoisotopic (exact) mass is 303 g/mol. The molecular weight excluding hydrogens is 286 g/mol. The molecule has 16 heavy (non-hydrogen) atoms. The summed E-state index contributed by atoms with van der Waals surface area (Å²) < 4.78 is 7.18. The van der Waals surface area contributed by atoms with Gasteiger partial charge in [0.15, 0.2) is 0 Å². The van der Waals surface area contributed by atoms with Gasteiger partial charge in [-0.1, -0.05) is 13.8 Å². The Bertz CT molecular complexity index is 339. The van der Waals surface area contributed by atoms with E-state index in [9.17, 15) is 0 Å². The van der Waals surface area contributed by atoms with Crippen LogP contribution in [-0.4, -0.2) is 18.7 Å². The second-order valence-corrected chi connectivity index (χ2v) is 6.80. The maximum atomic E-state index is 6.00. The van der Waals surface area contributed by atoms with Crippen LogP contribution in [0.15, 0.2) is 15.9 Å². The summed E-state index contributed by atoms with van der Waals surface area (Å²) in [6, 6.07) is 4.23. The predicted molar refractivity (Wildman–Crippen MR) is 72.0 cm³/mol. The molecule has 0 spiro atoms. The van der Waals surface area contributed by atoms with E-state index in [1.54, 1.807) is 11.3 Å². The van der Waals surface area contributed by atoms with E-state index in [0.717, 1.165) is 26.0 Å². The molecule has 0 radical (unpaired) electrons. The molecule has 1 aliphatic heterocycles. The minimum absolute atomic E-state index is 0.199. The van der Waals surface area contributed by atoms with E-state index < -0.39 is 0 Å². The molecule has 1 aliphatic rings. The van der Waals surface area contributed by atoms with E-state index in [4.69, 9.17) is 4.74 Å². The van der Waals surface area contributed by atoms with Gasteiger partial charge in [-0.3, -0.25) is 0 Å². The number of nitrogens with one attached hydrogen (secondary N) is 1. The van der Waals surface area contributed by atoms with Crippen molar-refractivity contribution in [3.8, 4) is 0 Å². The second kappa shape index (κ2) is 5.17. The summed E-state index contributed by atoms with van der Waals surface area (Å²) in [5.41, 5.74) is 0.199. The Labute approximate surface area is 110 Å². The van der Waals surface area contributed by atoms with Gasteiger partial charge >= 0.3 is 0 Å². The van der Waals surface area contributed by atoms with E-state index >= 15 is 0 Å². The number of hydrogen-bond donors (Lipinski definition) is 1. The standard InChI is InChI=1S/C12H18BrNOS/c1-3-12(4-2)8-15-9(7-14-12)10-5-6-11(13)16-10/h5-6,9,14H,3-4,7-8H2,1-2H3. The van der Waals surface area contributed by atoms with Gasteiger partial charge < -0.3 is 10.1 Å². The highest BCUT2D eigenvalue weighted by Gasteiger charge is 2.33. The van der Waals surface area contributed by atoms with E-state index in [-0.39, 0.29) is 11.6 Å². The Morgan fingerprint density at radius 3 is 2.69 bits per heavy atom. The van der Waals surface area contributed by atoms with Crippen LogP contribution in [0.1, 0.15) is 37.7 Å². The van der Waals surface area contributed by atoms with Crippen LogP contribution in [0.2, 0.25) is 0 Å². The Balaban J connectivity index is 1.99. The Hall–Kier alpha value is 0.1000. The molecule has 1 N–H and O–H groups in total. The van der Waals surface area contributed by atoms with Crippen LogP contribution in [-0.2, 0) is 4.74 Å². The third-order valence-corrected chi connectivity index (χ3v) is 5.20. The average Bonchev–Trinajstić information content (AvgIpc) is 2.76. The van der Waals surface area contributed by atoms with Crippen molar-refractivity contribution in [1.82, 2.24) is 5.32 Å². The van der Waals surface area contributed by atoms with E-state index in [2.05, 4.69) is 47.2 Å². The smallest absolute Gasteiger partial charge is 0.104 e. The first-order valence-corrected chi connectivity index (χ1v) is 7.42. The molecule has 1 unspecified atom stereocenters. The molecule has 1 aromatic rings. The van der Waals surface area contributed by atoms with Crippen molar-refractivity contribution in [2.24, 2.45) is 0 Å². The van der Waals surface area contributed by atoms with Crippen molar-refractivity contribution in [3.05, 3.63) is 20.8 Å². The van der Waals surface area contributed by atoms with Crippen LogP contribution in [0.5, 0.6) is 0 Å². The molecule has 0 aliphatic carbocycles. The lowest BCUT2D eigenvalue weighted by Crippen LogP contribution is -2.54. The summed E-state index contributed by atoms with van der Waals surface area (Å²) in [5, 5.41) is 3.66. The summed E-state index contributed by atoms with van der Waals surface area (Å²) in [4.78, 5) is 1.31. The van der Waals surface area contributed by atoms with Crippen LogP contribution < -0.4 is 5.32 Å². The minimum atomic E-state index is 0.199. The number of rotatable bonds is 3. The average molecular weight is 304 g/mol. The highest BCUT2D eigenvalue weighted by molar-refractivity contribution is 9.11. The molecule has 90 valence electrons. The van der Waals surface area contributed by atoms with Gasteiger partial charge in [-0.25, -0.2) is 0 Å². The lowest BCUT2D eigenvalue weighted by molar-refractivity contribution is -0.0358. The molecule has 2 nitrogen and oxygen atoms in total. The first-order chi connectivity index (χ1) is 7.69. The molecule has 1 atom stereocenters. The van der Waals surface area contributed by atoms with Gasteiger partial charge in [-0.05, 0) is 40.9 Å². The lowest BCUT2D eigenvalue weighted by Gasteiger charge is -2.40. The highest BCUT2D eigenvalue weighted by Crippen LogP contribution is 2.33. The molecule has 2 heterocycles. The number of hydrogen-bond acceptors (Lipinski definition) is 3. The van der Waals surface area contributed by atoms with Gasteiger partial charge in [-0.2, -0.15) is 0 Å². The summed E-state index contributed by atoms with van der Waals surface area (Å²) in [6.45, 7) is 6.19. The fraction of sp³-hybridized carbons (Fsp3) is 0.667. The largest absolute Gasteiger partial charge is 0.369 e. The van der Waals surface area contributed by atoms with Crippen molar-refractivity contribution in [2.75, 3.05) is 13.2 Å². The molecule has 1 aromatic heterocycles. The normalized spacial score (nSPS) is 24.6. The fourth-order valence-electron chi connectivity index (χ4n) is 2.07. The van der Waals surface area contributed by atoms with Gasteiger partial charge in [0.05, 0.1) is 10.4 Å². The first-order valence-electron chi connectivity index (χ1n) is 5.81. The van der Waals surface area contributed by atoms with Crippen LogP contribution >= 0.6 is 27.3 Å². The zero-order chi connectivity index (χ0) is 11.6. The Morgan fingerprint density at radius 2 is 2.25 bits per heavy atom. The maximum absolute atomic E-state index is 6.00. The van der Waals surface area contributed by atoms with E-state index in [1.165, 1.54) is 8.66 Å². The van der Waals surface area contributed by atoms with Gasteiger partial charge in [0.2, 0.25) is 0 Å². The second-order valence-electron chi connectivity index (χ2n) is 4.31. The molecule has 1 fully saturated rings. The molecule has 1 saturated heterocycles. The topological polar surface area (TPSA) is 21.3 Å². The van der Waals surface area contributed by atoms with Gasteiger partial charge in [0, 0.05) is 17.0 Å². The maximum Gasteiger partial charge on any atom is 0.104 e. The summed E-state index contributed by atoms with van der Waals surface area (Å²) in [6.07, 6.45) is 2.48. The molecule has 0 saturated carbocycles. The van der Waals surface area contributed by atoms with Gasteiger partial charge in [0.25, 0.3) is 0 Å². The molecule has 0 bridgehead atoms. The third kappa shape index (κ3) is 2.50. The molecule has 4 heteroatoms. The van der Waals surface area contributed by atoms with Crippen molar-refractivity contribution in [3.63, 3.8) is 0 Å². The minimum Gasteiger partial charge on any atom is -0.369 e. The molecular formula is C12H18BrNOS. The number of ether oxygens (including phenoxy) is 1. The first kappa shape index (κ1) is 12.6. The number of morpholine rings is 1. The van der Waals surface area contributed by atoms with Crippen LogP contribution in [0.3, 0.4) is 0 Å². The number of thiophene rings is 1. The lowest BCUT2D eigenvalue weighted by atomic mass is 9.92. The zero-order valence-electron chi connectivity index (χ0n) is 9.75. The highest BCUT2D eigenvalue weighted by atomic mass is 79.9. The van der Waals surface area contributed by atoms with Gasteiger partial charge in [0.1, 0.15) is 6.10 Å². The summed E-state index contributed by atoms with van der Waals surface area (Å²) >= 11 is 5.25. The van der Waals surface area contributed by atoms with Crippen LogP contribution in [0, 0.1) is 0 Å². The van der Waals surface area contributed by atoms with Crippen molar-refractivity contribution >= 4 is 27.3 Å². The third-order valence-electron chi connectivity index (χ3n) is 3.49. The molecule has 0 amide bonds. The quantitative estimate of drug-likeness (QED) is 0.918. The van der Waals surface area contributed by atoms with Crippen LogP contribution in [0.4, 0.5) is 0 Å². The van der Waals surface area contributed by atoms with Crippen molar-refractivity contribution in [2.45, 2.75) is 38.3 Å². The van der Waals surface area contributed by atoms with Crippen molar-refractivity contribution in [1.29, 1.82) is 0 Å². The van der Waals surface area contributed by atoms with Crippen molar-refractivity contribution < 1.29 is 4.74 Å². The summed E-state index contributed by atoms with van der Waals surface area (Å²) in [7, 11) is 0. The number of halogens is 1. The Kier molecular flexibility index (Phi) is 4.06.